The molecule has 3 heterocycles. The Balaban J connectivity index is 0.00000108. The summed E-state index contributed by atoms with van der Waals surface area (Å²) < 4.78 is 14.1. The highest BCUT2D eigenvalue weighted by Gasteiger charge is 2.48. The van der Waals surface area contributed by atoms with Crippen molar-refractivity contribution in [3.63, 3.8) is 0 Å². The van der Waals surface area contributed by atoms with E-state index in [1.54, 1.807) is 6.21 Å². The van der Waals surface area contributed by atoms with Crippen molar-refractivity contribution in [1.82, 2.24) is 14.8 Å². The standard InChI is InChI=1S/C25H39FN6.CH2O2/c1-5-30-17-25(18-30)7-6-21(13-25)31-8-10-32(11-9-31)23-22(12-20(26)16-28-23)19(14-27)15-29-24(2,3)4;2-1-3/h12,14-16,21H,5-11,13,17-18,27H2,1-4H3;1H,(H,2,3)/b19-14+,29-15?;. The van der Waals surface area contributed by atoms with Gasteiger partial charge in [0.15, 0.2) is 0 Å². The maximum absolute atomic E-state index is 14.1. The number of hydrogen-bond donors (Lipinski definition) is 2. The van der Waals surface area contributed by atoms with Crippen LogP contribution in [0.3, 0.4) is 0 Å². The fraction of sp³-hybridized carbons (Fsp3) is 0.654. The van der Waals surface area contributed by atoms with Crippen molar-refractivity contribution in [2.75, 3.05) is 50.7 Å². The van der Waals surface area contributed by atoms with Crippen LogP contribution in [0.1, 0.15) is 52.5 Å². The number of hydrogen-bond acceptors (Lipinski definition) is 7. The molecule has 3 N–H and O–H groups in total. The predicted molar refractivity (Wildman–Crippen MR) is 139 cm³/mol. The van der Waals surface area contributed by atoms with E-state index in [0.29, 0.717) is 22.6 Å². The van der Waals surface area contributed by atoms with Gasteiger partial charge in [0.05, 0.1) is 11.7 Å². The molecule has 1 aliphatic carbocycles. The number of nitrogens with zero attached hydrogens (tertiary/aromatic N) is 5. The molecular weight excluding hydrogens is 447 g/mol. The van der Waals surface area contributed by atoms with Crippen molar-refractivity contribution in [3.05, 3.63) is 29.8 Å². The second-order valence-corrected chi connectivity index (χ2v) is 10.9. The maximum Gasteiger partial charge on any atom is 0.290 e. The normalized spacial score (nSPS) is 23.3. The first-order chi connectivity index (χ1) is 16.6. The number of likely N-dealkylation sites (tertiary alicyclic amines) is 1. The SMILES string of the molecule is CCN1CC2(CCC(N3CCN(c4ncc(F)cc4/C(C=NC(C)(C)C)=C/N)CC3)C2)C1.O=CO. The highest BCUT2D eigenvalue weighted by atomic mass is 19.1. The first kappa shape index (κ1) is 27.1. The van der Waals surface area contributed by atoms with Crippen molar-refractivity contribution < 1.29 is 14.3 Å². The number of nitrogens with two attached hydrogens (primary N) is 1. The van der Waals surface area contributed by atoms with Gasteiger partial charge in [0.25, 0.3) is 6.47 Å². The van der Waals surface area contributed by atoms with Crippen molar-refractivity contribution >= 4 is 24.1 Å². The number of aromatic nitrogens is 1. The van der Waals surface area contributed by atoms with E-state index in [1.165, 1.54) is 57.4 Å². The van der Waals surface area contributed by atoms with E-state index in [-0.39, 0.29) is 17.8 Å². The van der Waals surface area contributed by atoms with Crippen LogP contribution in [0.25, 0.3) is 5.57 Å². The summed E-state index contributed by atoms with van der Waals surface area (Å²) in [5.41, 5.74) is 7.68. The van der Waals surface area contributed by atoms with Crippen LogP contribution in [0.4, 0.5) is 10.2 Å². The largest absolute Gasteiger partial charge is 0.483 e. The summed E-state index contributed by atoms with van der Waals surface area (Å²) in [4.78, 5) is 24.9. The van der Waals surface area contributed by atoms with Crippen LogP contribution in [0.15, 0.2) is 23.5 Å². The van der Waals surface area contributed by atoms with E-state index in [9.17, 15) is 4.39 Å². The van der Waals surface area contributed by atoms with Gasteiger partial charge >= 0.3 is 0 Å². The van der Waals surface area contributed by atoms with Crippen molar-refractivity contribution in [2.24, 2.45) is 16.1 Å². The lowest BCUT2D eigenvalue weighted by molar-refractivity contribution is -0.122. The quantitative estimate of drug-likeness (QED) is 0.485. The summed E-state index contributed by atoms with van der Waals surface area (Å²) >= 11 is 0. The minimum Gasteiger partial charge on any atom is -0.483 e. The van der Waals surface area contributed by atoms with E-state index in [2.05, 4.69) is 31.6 Å². The number of carboxylic acid groups (broad SMARTS) is 1. The molecule has 194 valence electrons. The zero-order valence-corrected chi connectivity index (χ0v) is 21.6. The highest BCUT2D eigenvalue weighted by molar-refractivity contribution is 6.11. The summed E-state index contributed by atoms with van der Waals surface area (Å²) in [6.07, 6.45) is 8.58. The Morgan fingerprint density at radius 3 is 2.54 bits per heavy atom. The van der Waals surface area contributed by atoms with Crippen LogP contribution in [-0.2, 0) is 4.79 Å². The Morgan fingerprint density at radius 1 is 1.31 bits per heavy atom. The lowest BCUT2D eigenvalue weighted by atomic mass is 9.78. The van der Waals surface area contributed by atoms with Crippen LogP contribution in [0, 0.1) is 11.2 Å². The van der Waals surface area contributed by atoms with Gasteiger partial charge in [0, 0.05) is 68.9 Å². The fourth-order valence-corrected chi connectivity index (χ4v) is 5.56. The molecule has 2 aliphatic heterocycles. The smallest absolute Gasteiger partial charge is 0.290 e. The second kappa shape index (κ2) is 11.5. The van der Waals surface area contributed by atoms with Crippen molar-refractivity contribution in [3.8, 4) is 0 Å². The summed E-state index contributed by atoms with van der Waals surface area (Å²) in [7, 11) is 0. The zero-order valence-electron chi connectivity index (χ0n) is 21.6. The van der Waals surface area contributed by atoms with Crippen LogP contribution >= 0.6 is 0 Å². The minimum absolute atomic E-state index is 0.228. The predicted octanol–water partition coefficient (Wildman–Crippen LogP) is 3.09. The number of pyridine rings is 1. The molecule has 9 heteroatoms. The molecule has 1 unspecified atom stereocenters. The molecule has 1 aromatic heterocycles. The molecule has 1 saturated carbocycles. The van der Waals surface area contributed by atoms with E-state index in [0.717, 1.165) is 32.0 Å². The van der Waals surface area contributed by atoms with Crippen LogP contribution < -0.4 is 10.6 Å². The maximum atomic E-state index is 14.1. The number of aliphatic imine (C=N–C) groups is 1. The van der Waals surface area contributed by atoms with E-state index in [4.69, 9.17) is 15.6 Å². The van der Waals surface area contributed by atoms with Gasteiger partial charge in [-0.3, -0.25) is 14.7 Å². The van der Waals surface area contributed by atoms with Gasteiger partial charge < -0.3 is 20.6 Å². The molecule has 4 rings (SSSR count). The summed E-state index contributed by atoms with van der Waals surface area (Å²) in [6, 6.07) is 2.23. The van der Waals surface area contributed by atoms with Crippen LogP contribution in [-0.4, -0.2) is 90.0 Å². The number of anilines is 1. The highest BCUT2D eigenvalue weighted by Crippen LogP contribution is 2.47. The van der Waals surface area contributed by atoms with Gasteiger partial charge in [0.1, 0.15) is 11.6 Å². The number of halogens is 1. The molecule has 0 bridgehead atoms. The molecular formula is C26H41FN6O2. The number of carbonyl (C=O) groups is 1. The van der Waals surface area contributed by atoms with Crippen LogP contribution in [0.5, 0.6) is 0 Å². The third kappa shape index (κ3) is 6.79. The Morgan fingerprint density at radius 2 is 1.97 bits per heavy atom. The Hall–Kier alpha value is -2.52. The fourth-order valence-electron chi connectivity index (χ4n) is 5.56. The lowest BCUT2D eigenvalue weighted by Gasteiger charge is -2.49. The Bertz CT molecular complexity index is 915. The third-order valence-corrected chi connectivity index (χ3v) is 7.29. The van der Waals surface area contributed by atoms with Gasteiger partial charge in [-0.25, -0.2) is 9.37 Å². The van der Waals surface area contributed by atoms with Gasteiger partial charge in [-0.15, -0.1) is 0 Å². The first-order valence-corrected chi connectivity index (χ1v) is 12.6. The number of allylic oxidation sites excluding steroid dienone is 1. The number of piperazine rings is 1. The molecule has 1 aromatic rings. The van der Waals surface area contributed by atoms with Crippen molar-refractivity contribution in [1.29, 1.82) is 0 Å². The average Bonchev–Trinajstić information content (AvgIpc) is 3.24. The molecule has 35 heavy (non-hydrogen) atoms. The second-order valence-electron chi connectivity index (χ2n) is 10.9. The minimum atomic E-state index is -0.358. The zero-order chi connectivity index (χ0) is 25.6. The molecule has 1 spiro atoms. The van der Waals surface area contributed by atoms with E-state index < -0.39 is 0 Å². The van der Waals surface area contributed by atoms with Gasteiger partial charge in [-0.1, -0.05) is 6.92 Å². The molecule has 1 atom stereocenters. The molecule has 2 saturated heterocycles. The van der Waals surface area contributed by atoms with E-state index >= 15 is 0 Å². The van der Waals surface area contributed by atoms with E-state index in [1.807, 2.05) is 20.8 Å². The number of rotatable bonds is 5. The average molecular weight is 489 g/mol. The summed E-state index contributed by atoms with van der Waals surface area (Å²) in [5, 5.41) is 6.89. The topological polar surface area (TPSA) is 98.3 Å². The Labute approximate surface area is 208 Å². The molecule has 8 nitrogen and oxygen atoms in total. The molecule has 3 aliphatic rings. The monoisotopic (exact) mass is 488 g/mol. The molecule has 3 fully saturated rings. The summed E-state index contributed by atoms with van der Waals surface area (Å²) in [5.74, 6) is 0.437. The molecule has 0 aromatic carbocycles. The van der Waals surface area contributed by atoms with Gasteiger partial charge in [-0.05, 0) is 58.1 Å². The molecule has 0 radical (unpaired) electrons. The van der Waals surface area contributed by atoms with Crippen LogP contribution in [0.2, 0.25) is 0 Å². The lowest BCUT2D eigenvalue weighted by Crippen LogP contribution is -2.56. The van der Waals surface area contributed by atoms with Gasteiger partial charge in [-0.2, -0.15) is 0 Å². The first-order valence-electron chi connectivity index (χ1n) is 12.6. The summed E-state index contributed by atoms with van der Waals surface area (Å²) in [6.45, 7) is 15.7. The van der Waals surface area contributed by atoms with Gasteiger partial charge in [0.2, 0.25) is 0 Å². The third-order valence-electron chi connectivity index (χ3n) is 7.29. The van der Waals surface area contributed by atoms with Crippen molar-refractivity contribution in [2.45, 2.75) is 58.5 Å². The molecule has 0 amide bonds. The Kier molecular flexibility index (Phi) is 8.88.